The lowest BCUT2D eigenvalue weighted by atomic mass is 10.1. The lowest BCUT2D eigenvalue weighted by Gasteiger charge is -2.15. The summed E-state index contributed by atoms with van der Waals surface area (Å²) >= 11 is 0. The summed E-state index contributed by atoms with van der Waals surface area (Å²) < 4.78 is 8.25. The third-order valence-corrected chi connectivity index (χ3v) is 4.88. The van der Waals surface area contributed by atoms with Gasteiger partial charge in [-0.05, 0) is 56.2 Å². The van der Waals surface area contributed by atoms with E-state index < -0.39 is 17.6 Å². The Kier molecular flexibility index (Phi) is 5.05. The smallest absolute Gasteiger partial charge is 0.283 e. The SMILES string of the molecule is Cc1ccc(-n2ncc3c(=O)n(NC(=O)C(C)Oc4ccccc4)cnc32)cc1C. The van der Waals surface area contributed by atoms with Crippen molar-refractivity contribution in [1.29, 1.82) is 0 Å². The summed E-state index contributed by atoms with van der Waals surface area (Å²) in [6.45, 7) is 5.65. The Balaban J connectivity index is 1.59. The summed E-state index contributed by atoms with van der Waals surface area (Å²) in [6.07, 6.45) is 1.93. The number of nitrogens with one attached hydrogen (secondary N) is 1. The lowest BCUT2D eigenvalue weighted by molar-refractivity contribution is -0.123. The van der Waals surface area contributed by atoms with Crippen molar-refractivity contribution in [2.75, 3.05) is 5.43 Å². The van der Waals surface area contributed by atoms with Gasteiger partial charge in [-0.1, -0.05) is 24.3 Å². The average Bonchev–Trinajstić information content (AvgIpc) is 3.17. The molecule has 8 nitrogen and oxygen atoms in total. The van der Waals surface area contributed by atoms with Gasteiger partial charge in [0.15, 0.2) is 11.8 Å². The number of aryl methyl sites for hydroxylation is 2. The third-order valence-electron chi connectivity index (χ3n) is 4.88. The van der Waals surface area contributed by atoms with Crippen LogP contribution in [0, 0.1) is 13.8 Å². The van der Waals surface area contributed by atoms with Gasteiger partial charge >= 0.3 is 0 Å². The van der Waals surface area contributed by atoms with E-state index in [4.69, 9.17) is 4.74 Å². The van der Waals surface area contributed by atoms with Crippen molar-refractivity contribution in [1.82, 2.24) is 19.4 Å². The zero-order valence-corrected chi connectivity index (χ0v) is 16.9. The van der Waals surface area contributed by atoms with Gasteiger partial charge < -0.3 is 4.74 Å². The second kappa shape index (κ2) is 7.82. The number of aromatic nitrogens is 4. The van der Waals surface area contributed by atoms with Crippen molar-refractivity contribution < 1.29 is 9.53 Å². The van der Waals surface area contributed by atoms with Crippen LogP contribution in [0.25, 0.3) is 16.7 Å². The molecular weight excluding hydrogens is 382 g/mol. The summed E-state index contributed by atoms with van der Waals surface area (Å²) in [6, 6.07) is 14.9. The maximum absolute atomic E-state index is 12.8. The molecule has 4 aromatic rings. The molecule has 0 fully saturated rings. The van der Waals surface area contributed by atoms with Gasteiger partial charge in [-0.3, -0.25) is 15.0 Å². The second-order valence-corrected chi connectivity index (χ2v) is 7.03. The molecule has 0 saturated carbocycles. The van der Waals surface area contributed by atoms with Crippen LogP contribution in [0.3, 0.4) is 0 Å². The second-order valence-electron chi connectivity index (χ2n) is 7.03. The van der Waals surface area contributed by atoms with Crippen LogP contribution < -0.4 is 15.7 Å². The number of carbonyl (C=O) groups is 1. The van der Waals surface area contributed by atoms with Crippen LogP contribution in [0.15, 0.2) is 65.8 Å². The van der Waals surface area contributed by atoms with E-state index >= 15 is 0 Å². The molecule has 2 aromatic carbocycles. The molecule has 0 aliphatic heterocycles. The first kappa shape index (κ1) is 19.4. The number of fused-ring (bicyclic) bond motifs is 1. The topological polar surface area (TPSA) is 91.0 Å². The Hall–Kier alpha value is -3.94. The minimum Gasteiger partial charge on any atom is -0.481 e. The summed E-state index contributed by atoms with van der Waals surface area (Å²) in [7, 11) is 0. The largest absolute Gasteiger partial charge is 0.481 e. The van der Waals surface area contributed by atoms with Crippen LogP contribution in [0.4, 0.5) is 0 Å². The number of benzene rings is 2. The molecule has 2 heterocycles. The van der Waals surface area contributed by atoms with Crippen LogP contribution in [-0.2, 0) is 4.79 Å². The van der Waals surface area contributed by atoms with Crippen molar-refractivity contribution >= 4 is 16.9 Å². The van der Waals surface area contributed by atoms with Gasteiger partial charge in [0, 0.05) is 0 Å². The van der Waals surface area contributed by atoms with Gasteiger partial charge in [0.25, 0.3) is 11.5 Å². The first-order valence-electron chi connectivity index (χ1n) is 9.49. The Morgan fingerprint density at radius 1 is 1.10 bits per heavy atom. The van der Waals surface area contributed by atoms with E-state index in [9.17, 15) is 9.59 Å². The number of para-hydroxylation sites is 1. The normalized spacial score (nSPS) is 12.0. The van der Waals surface area contributed by atoms with E-state index in [1.807, 2.05) is 50.2 Å². The number of hydrogen-bond acceptors (Lipinski definition) is 5. The van der Waals surface area contributed by atoms with Crippen LogP contribution in [0.5, 0.6) is 5.75 Å². The van der Waals surface area contributed by atoms with Gasteiger partial charge in [0.1, 0.15) is 17.5 Å². The Bertz CT molecular complexity index is 1280. The zero-order valence-electron chi connectivity index (χ0n) is 16.9. The summed E-state index contributed by atoms with van der Waals surface area (Å²) in [5.74, 6) is 0.0967. The number of amides is 1. The van der Waals surface area contributed by atoms with Crippen LogP contribution in [-0.4, -0.2) is 31.5 Å². The highest BCUT2D eigenvalue weighted by Gasteiger charge is 2.17. The van der Waals surface area contributed by atoms with E-state index in [2.05, 4.69) is 15.5 Å². The molecule has 1 unspecified atom stereocenters. The number of rotatable bonds is 5. The van der Waals surface area contributed by atoms with E-state index in [-0.39, 0.29) is 0 Å². The summed E-state index contributed by atoms with van der Waals surface area (Å²) in [5.41, 5.74) is 5.62. The molecule has 1 N–H and O–H groups in total. The van der Waals surface area contributed by atoms with Crippen molar-refractivity contribution in [3.63, 3.8) is 0 Å². The van der Waals surface area contributed by atoms with E-state index in [1.165, 1.54) is 18.1 Å². The molecule has 0 spiro atoms. The first-order chi connectivity index (χ1) is 14.4. The number of ether oxygens (including phenoxy) is 1. The predicted molar refractivity (Wildman–Crippen MR) is 113 cm³/mol. The molecule has 0 bridgehead atoms. The van der Waals surface area contributed by atoms with Gasteiger partial charge in [-0.2, -0.15) is 5.10 Å². The van der Waals surface area contributed by atoms with Crippen molar-refractivity contribution in [2.24, 2.45) is 0 Å². The lowest BCUT2D eigenvalue weighted by Crippen LogP contribution is -2.39. The fourth-order valence-electron chi connectivity index (χ4n) is 3.00. The minimum atomic E-state index is -0.798. The molecule has 0 saturated heterocycles. The molecule has 0 aliphatic carbocycles. The fourth-order valence-corrected chi connectivity index (χ4v) is 3.00. The predicted octanol–water partition coefficient (Wildman–Crippen LogP) is 2.74. The summed E-state index contributed by atoms with van der Waals surface area (Å²) in [4.78, 5) is 29.6. The minimum absolute atomic E-state index is 0.299. The number of hydrogen-bond donors (Lipinski definition) is 1. The third kappa shape index (κ3) is 3.67. The van der Waals surface area contributed by atoms with Gasteiger partial charge in [0.05, 0.1) is 11.9 Å². The zero-order chi connectivity index (χ0) is 21.3. The van der Waals surface area contributed by atoms with Crippen LogP contribution >= 0.6 is 0 Å². The highest BCUT2D eigenvalue weighted by atomic mass is 16.5. The van der Waals surface area contributed by atoms with Crippen molar-refractivity contribution in [3.05, 3.63) is 82.5 Å². The molecule has 1 atom stereocenters. The fraction of sp³-hybridized carbons (Fsp3) is 0.182. The van der Waals surface area contributed by atoms with E-state index in [1.54, 1.807) is 23.7 Å². The maximum Gasteiger partial charge on any atom is 0.283 e. The molecule has 30 heavy (non-hydrogen) atoms. The van der Waals surface area contributed by atoms with Crippen molar-refractivity contribution in [3.8, 4) is 11.4 Å². The summed E-state index contributed by atoms with van der Waals surface area (Å²) in [5, 5.41) is 4.61. The van der Waals surface area contributed by atoms with E-state index in [0.717, 1.165) is 15.9 Å². The average molecular weight is 403 g/mol. The molecule has 0 radical (unpaired) electrons. The number of carbonyl (C=O) groups excluding carboxylic acids is 1. The first-order valence-corrected chi connectivity index (χ1v) is 9.49. The van der Waals surface area contributed by atoms with Crippen molar-refractivity contribution in [2.45, 2.75) is 26.9 Å². The van der Waals surface area contributed by atoms with Gasteiger partial charge in [0.2, 0.25) is 0 Å². The van der Waals surface area contributed by atoms with Gasteiger partial charge in [-0.15, -0.1) is 0 Å². The highest BCUT2D eigenvalue weighted by Crippen LogP contribution is 2.17. The Morgan fingerprint density at radius 2 is 1.87 bits per heavy atom. The van der Waals surface area contributed by atoms with Crippen LogP contribution in [0.2, 0.25) is 0 Å². The monoisotopic (exact) mass is 403 g/mol. The molecule has 152 valence electrons. The quantitative estimate of drug-likeness (QED) is 0.553. The maximum atomic E-state index is 12.8. The molecule has 4 rings (SSSR count). The number of nitrogens with zero attached hydrogens (tertiary/aromatic N) is 4. The highest BCUT2D eigenvalue weighted by molar-refractivity contribution is 5.88. The molecule has 2 aromatic heterocycles. The van der Waals surface area contributed by atoms with Gasteiger partial charge in [-0.25, -0.2) is 14.3 Å². The molecular formula is C22H21N5O3. The standard InChI is InChI=1S/C22H21N5O3/c1-14-9-10-17(11-15(14)2)27-20-19(12-24-27)22(29)26(13-23-20)25-21(28)16(3)30-18-7-5-4-6-8-18/h4-13,16H,1-3H3,(H,25,28). The molecule has 8 heteroatoms. The van der Waals surface area contributed by atoms with E-state index in [0.29, 0.717) is 16.8 Å². The Morgan fingerprint density at radius 3 is 2.60 bits per heavy atom. The molecule has 1 amide bonds. The molecule has 0 aliphatic rings. The Labute approximate surface area is 172 Å². The van der Waals surface area contributed by atoms with Crippen LogP contribution in [0.1, 0.15) is 18.1 Å².